The van der Waals surface area contributed by atoms with Crippen molar-refractivity contribution in [2.75, 3.05) is 19.5 Å². The number of nitrogens with zero attached hydrogens (tertiary/aromatic N) is 2. The molecule has 0 atom stereocenters. The van der Waals surface area contributed by atoms with Gasteiger partial charge >= 0.3 is 0 Å². The molecule has 1 aliphatic carbocycles. The number of aromatic nitrogens is 2. The second kappa shape index (κ2) is 5.64. The van der Waals surface area contributed by atoms with E-state index in [1.165, 1.54) is 25.7 Å². The molecule has 0 spiro atoms. The van der Waals surface area contributed by atoms with E-state index in [9.17, 15) is 0 Å². The number of ether oxygens (including phenoxy) is 1. The number of hydrogen-bond acceptors (Lipinski definition) is 4. The van der Waals surface area contributed by atoms with E-state index < -0.39 is 0 Å². The molecule has 1 fully saturated rings. The summed E-state index contributed by atoms with van der Waals surface area (Å²) in [7, 11) is 1.80. The molecule has 1 saturated carbocycles. The summed E-state index contributed by atoms with van der Waals surface area (Å²) in [5.74, 6) is 1.07. The zero-order chi connectivity index (χ0) is 11.3. The average Bonchev–Trinajstić information content (AvgIpc) is 2.78. The zero-order valence-electron chi connectivity index (χ0n) is 9.69. The van der Waals surface area contributed by atoms with Crippen molar-refractivity contribution in [2.45, 2.75) is 30.8 Å². The third-order valence-electron chi connectivity index (χ3n) is 3.16. The van der Waals surface area contributed by atoms with Gasteiger partial charge in [-0.2, -0.15) is 0 Å². The molecule has 0 saturated heterocycles. The summed E-state index contributed by atoms with van der Waals surface area (Å²) in [6, 6.07) is 1.85. The predicted molar refractivity (Wildman–Crippen MR) is 65.5 cm³/mol. The minimum atomic E-state index is 0.360. The third kappa shape index (κ3) is 2.95. The van der Waals surface area contributed by atoms with Gasteiger partial charge in [0.2, 0.25) is 0 Å². The Bertz CT molecular complexity index is 312. The summed E-state index contributed by atoms with van der Waals surface area (Å²) in [5, 5.41) is 0.880. The molecule has 4 heteroatoms. The first-order valence-electron chi connectivity index (χ1n) is 5.73. The number of hydrogen-bond donors (Lipinski definition) is 0. The summed E-state index contributed by atoms with van der Waals surface area (Å²) in [6.45, 7) is 0.868. The van der Waals surface area contributed by atoms with Crippen molar-refractivity contribution in [1.82, 2.24) is 9.97 Å². The van der Waals surface area contributed by atoms with Crippen LogP contribution in [0.4, 0.5) is 0 Å². The molecule has 0 bridgehead atoms. The molecule has 1 heterocycles. The highest BCUT2D eigenvalue weighted by Gasteiger charge is 2.34. The van der Waals surface area contributed by atoms with Crippen LogP contribution < -0.4 is 0 Å². The molecule has 3 nitrogen and oxygen atoms in total. The van der Waals surface area contributed by atoms with E-state index in [-0.39, 0.29) is 0 Å². The lowest BCUT2D eigenvalue weighted by Crippen LogP contribution is -2.25. The Morgan fingerprint density at radius 2 is 2.00 bits per heavy atom. The van der Waals surface area contributed by atoms with Gasteiger partial charge in [0.1, 0.15) is 0 Å². The van der Waals surface area contributed by atoms with Gasteiger partial charge in [-0.25, -0.2) is 9.97 Å². The van der Waals surface area contributed by atoms with E-state index >= 15 is 0 Å². The summed E-state index contributed by atoms with van der Waals surface area (Å²) in [5.41, 5.74) is 0.360. The van der Waals surface area contributed by atoms with Crippen LogP contribution in [0.5, 0.6) is 0 Å². The largest absolute Gasteiger partial charge is 0.384 e. The van der Waals surface area contributed by atoms with Gasteiger partial charge in [0.15, 0.2) is 5.16 Å². The minimum Gasteiger partial charge on any atom is -0.384 e. The molecule has 0 radical (unpaired) electrons. The van der Waals surface area contributed by atoms with E-state index in [0.717, 1.165) is 17.5 Å². The Morgan fingerprint density at radius 3 is 2.62 bits per heavy atom. The topological polar surface area (TPSA) is 35.0 Å². The van der Waals surface area contributed by atoms with Gasteiger partial charge in [0.05, 0.1) is 6.61 Å². The van der Waals surface area contributed by atoms with Crippen LogP contribution in [0.15, 0.2) is 23.6 Å². The fourth-order valence-electron chi connectivity index (χ4n) is 2.34. The van der Waals surface area contributed by atoms with Crippen LogP contribution in [0, 0.1) is 5.41 Å². The lowest BCUT2D eigenvalue weighted by molar-refractivity contribution is 0.0998. The number of thioether (sulfide) groups is 1. The summed E-state index contributed by atoms with van der Waals surface area (Å²) in [4.78, 5) is 8.48. The smallest absolute Gasteiger partial charge is 0.187 e. The van der Waals surface area contributed by atoms with Crippen LogP contribution in [0.1, 0.15) is 25.7 Å². The van der Waals surface area contributed by atoms with Crippen molar-refractivity contribution in [2.24, 2.45) is 5.41 Å². The molecule has 1 aliphatic rings. The highest BCUT2D eigenvalue weighted by molar-refractivity contribution is 7.99. The molecule has 88 valence electrons. The van der Waals surface area contributed by atoms with Crippen molar-refractivity contribution < 1.29 is 4.74 Å². The normalized spacial score (nSPS) is 18.8. The standard InChI is InChI=1S/C12H18N2OS/c1-15-9-12(5-2-3-6-12)10-16-11-13-7-4-8-14-11/h4,7-8H,2-3,5-6,9-10H2,1H3. The Hall–Kier alpha value is -0.610. The van der Waals surface area contributed by atoms with Gasteiger partial charge < -0.3 is 4.74 Å². The molecule has 0 unspecified atom stereocenters. The van der Waals surface area contributed by atoms with Gasteiger partial charge in [-0.05, 0) is 18.9 Å². The summed E-state index contributed by atoms with van der Waals surface area (Å²) >= 11 is 1.75. The number of rotatable bonds is 5. The Kier molecular flexibility index (Phi) is 4.18. The van der Waals surface area contributed by atoms with Crippen molar-refractivity contribution in [3.8, 4) is 0 Å². The fraction of sp³-hybridized carbons (Fsp3) is 0.667. The van der Waals surface area contributed by atoms with E-state index in [1.807, 2.05) is 6.07 Å². The summed E-state index contributed by atoms with van der Waals surface area (Å²) in [6.07, 6.45) is 8.82. The van der Waals surface area contributed by atoms with E-state index in [1.54, 1.807) is 31.3 Å². The molecular formula is C12H18N2OS. The van der Waals surface area contributed by atoms with E-state index in [4.69, 9.17) is 4.74 Å². The summed E-state index contributed by atoms with van der Waals surface area (Å²) < 4.78 is 5.36. The van der Waals surface area contributed by atoms with Crippen molar-refractivity contribution in [3.05, 3.63) is 18.5 Å². The SMILES string of the molecule is COCC1(CSc2ncccn2)CCCC1. The lowest BCUT2D eigenvalue weighted by atomic mass is 9.90. The van der Waals surface area contributed by atoms with Crippen molar-refractivity contribution in [3.63, 3.8) is 0 Å². The first-order valence-corrected chi connectivity index (χ1v) is 6.72. The molecule has 16 heavy (non-hydrogen) atoms. The minimum absolute atomic E-state index is 0.360. The second-order valence-electron chi connectivity index (χ2n) is 4.46. The van der Waals surface area contributed by atoms with Crippen LogP contribution in [-0.4, -0.2) is 29.4 Å². The lowest BCUT2D eigenvalue weighted by Gasteiger charge is -2.27. The third-order valence-corrected chi connectivity index (χ3v) is 4.39. The highest BCUT2D eigenvalue weighted by atomic mass is 32.2. The quantitative estimate of drug-likeness (QED) is 0.583. The van der Waals surface area contributed by atoms with E-state index in [2.05, 4.69) is 9.97 Å². The van der Waals surface area contributed by atoms with Gasteiger partial charge in [-0.1, -0.05) is 24.6 Å². The van der Waals surface area contributed by atoms with Gasteiger partial charge in [0, 0.05) is 30.7 Å². The molecule has 2 rings (SSSR count). The monoisotopic (exact) mass is 238 g/mol. The molecule has 0 amide bonds. The first-order chi connectivity index (χ1) is 7.85. The first kappa shape index (κ1) is 11.9. The Morgan fingerprint density at radius 1 is 1.31 bits per heavy atom. The maximum Gasteiger partial charge on any atom is 0.187 e. The van der Waals surface area contributed by atoms with Gasteiger partial charge in [0.25, 0.3) is 0 Å². The molecule has 1 aromatic heterocycles. The van der Waals surface area contributed by atoms with Crippen molar-refractivity contribution >= 4 is 11.8 Å². The van der Waals surface area contributed by atoms with Crippen LogP contribution in [0.3, 0.4) is 0 Å². The average molecular weight is 238 g/mol. The van der Waals surface area contributed by atoms with Crippen LogP contribution in [0.2, 0.25) is 0 Å². The molecule has 0 aliphatic heterocycles. The molecular weight excluding hydrogens is 220 g/mol. The fourth-order valence-corrected chi connectivity index (χ4v) is 3.42. The van der Waals surface area contributed by atoms with E-state index in [0.29, 0.717) is 5.41 Å². The van der Waals surface area contributed by atoms with Crippen molar-refractivity contribution in [1.29, 1.82) is 0 Å². The maximum atomic E-state index is 5.36. The van der Waals surface area contributed by atoms with Crippen LogP contribution >= 0.6 is 11.8 Å². The molecule has 1 aromatic rings. The van der Waals surface area contributed by atoms with Gasteiger partial charge in [-0.3, -0.25) is 0 Å². The number of methoxy groups -OCH3 is 1. The molecule has 0 N–H and O–H groups in total. The maximum absolute atomic E-state index is 5.36. The zero-order valence-corrected chi connectivity index (χ0v) is 10.5. The Labute approximate surface area is 101 Å². The highest BCUT2D eigenvalue weighted by Crippen LogP contribution is 2.41. The van der Waals surface area contributed by atoms with Crippen LogP contribution in [0.25, 0.3) is 0 Å². The molecule has 0 aromatic carbocycles. The predicted octanol–water partition coefficient (Wildman–Crippen LogP) is 2.78. The van der Waals surface area contributed by atoms with Gasteiger partial charge in [-0.15, -0.1) is 0 Å². The second-order valence-corrected chi connectivity index (χ2v) is 5.40. The Balaban J connectivity index is 1.92. The van der Waals surface area contributed by atoms with Crippen LogP contribution in [-0.2, 0) is 4.74 Å².